The second-order valence-corrected chi connectivity index (χ2v) is 9.39. The average molecular weight is 411 g/mol. The Hall–Kier alpha value is -2.10. The Bertz CT molecular complexity index is 865. The SMILES string of the molecule is CCNc1ccc(S(=O)(=O)N(C)C)cc1NCC(=O)N(C)Cc1cccs1. The van der Waals surface area contributed by atoms with E-state index in [1.54, 1.807) is 41.5 Å². The highest BCUT2D eigenvalue weighted by molar-refractivity contribution is 7.89. The summed E-state index contributed by atoms with van der Waals surface area (Å²) in [5, 5.41) is 8.23. The van der Waals surface area contributed by atoms with Crippen LogP contribution < -0.4 is 10.6 Å². The predicted molar refractivity (Wildman–Crippen MR) is 111 cm³/mol. The van der Waals surface area contributed by atoms with Crippen LogP contribution in [0.25, 0.3) is 0 Å². The smallest absolute Gasteiger partial charge is 0.242 e. The molecule has 2 N–H and O–H groups in total. The van der Waals surface area contributed by atoms with E-state index in [2.05, 4.69) is 10.6 Å². The first-order chi connectivity index (χ1) is 12.8. The van der Waals surface area contributed by atoms with Gasteiger partial charge in [0.2, 0.25) is 15.9 Å². The molecule has 1 aromatic carbocycles. The number of rotatable bonds is 9. The van der Waals surface area contributed by atoms with Crippen molar-refractivity contribution in [3.63, 3.8) is 0 Å². The Morgan fingerprint density at radius 2 is 1.85 bits per heavy atom. The van der Waals surface area contributed by atoms with Gasteiger partial charge in [-0.15, -0.1) is 11.3 Å². The van der Waals surface area contributed by atoms with E-state index in [0.29, 0.717) is 18.8 Å². The number of anilines is 2. The molecular formula is C18H26N4O3S2. The number of sulfonamides is 1. The number of benzene rings is 1. The molecule has 27 heavy (non-hydrogen) atoms. The standard InChI is InChI=1S/C18H26N4O3S2/c1-5-19-16-9-8-15(27(24,25)21(2)3)11-17(16)20-12-18(23)22(4)13-14-7-6-10-26-14/h6-11,19-20H,5,12-13H2,1-4H3. The molecule has 1 heterocycles. The van der Waals surface area contributed by atoms with E-state index in [4.69, 9.17) is 0 Å². The van der Waals surface area contributed by atoms with Crippen molar-refractivity contribution in [1.82, 2.24) is 9.21 Å². The molecule has 0 aliphatic carbocycles. The molecule has 0 unspecified atom stereocenters. The molecule has 0 saturated carbocycles. The molecule has 148 valence electrons. The fourth-order valence-corrected chi connectivity index (χ4v) is 4.10. The molecule has 1 aromatic heterocycles. The van der Waals surface area contributed by atoms with Crippen LogP contribution in [-0.4, -0.2) is 57.8 Å². The second-order valence-electron chi connectivity index (χ2n) is 6.21. The third-order valence-corrected chi connectivity index (χ3v) is 6.64. The van der Waals surface area contributed by atoms with Crippen molar-refractivity contribution in [2.24, 2.45) is 0 Å². The van der Waals surface area contributed by atoms with Crippen molar-refractivity contribution in [1.29, 1.82) is 0 Å². The summed E-state index contributed by atoms with van der Waals surface area (Å²) in [7, 11) is 1.18. The Balaban J connectivity index is 2.14. The van der Waals surface area contributed by atoms with Crippen LogP contribution in [0.3, 0.4) is 0 Å². The first-order valence-corrected chi connectivity index (χ1v) is 10.9. The van der Waals surface area contributed by atoms with E-state index in [0.717, 1.165) is 10.6 Å². The van der Waals surface area contributed by atoms with Crippen molar-refractivity contribution < 1.29 is 13.2 Å². The van der Waals surface area contributed by atoms with Gasteiger partial charge in [-0.1, -0.05) is 6.07 Å². The Kier molecular flexibility index (Phi) is 7.23. The minimum Gasteiger partial charge on any atom is -0.384 e. The van der Waals surface area contributed by atoms with Crippen molar-refractivity contribution in [2.75, 3.05) is 44.9 Å². The second kappa shape index (κ2) is 9.20. The maximum Gasteiger partial charge on any atom is 0.242 e. The van der Waals surface area contributed by atoms with Crippen LogP contribution in [0.1, 0.15) is 11.8 Å². The summed E-state index contributed by atoms with van der Waals surface area (Å²) in [5.74, 6) is -0.0771. The first-order valence-electron chi connectivity index (χ1n) is 8.56. The lowest BCUT2D eigenvalue weighted by Gasteiger charge is -2.19. The maximum atomic E-state index is 12.4. The number of hydrogen-bond donors (Lipinski definition) is 2. The highest BCUT2D eigenvalue weighted by Gasteiger charge is 2.19. The van der Waals surface area contributed by atoms with Crippen LogP contribution in [0.5, 0.6) is 0 Å². The van der Waals surface area contributed by atoms with Gasteiger partial charge in [0.05, 0.1) is 29.4 Å². The van der Waals surface area contributed by atoms with Gasteiger partial charge in [0, 0.05) is 32.6 Å². The number of thiophene rings is 1. The molecule has 0 radical (unpaired) electrons. The molecule has 0 aliphatic rings. The van der Waals surface area contributed by atoms with Crippen LogP contribution >= 0.6 is 11.3 Å². The van der Waals surface area contributed by atoms with E-state index < -0.39 is 10.0 Å². The quantitative estimate of drug-likeness (QED) is 0.664. The Morgan fingerprint density at radius 3 is 2.44 bits per heavy atom. The van der Waals surface area contributed by atoms with Crippen LogP contribution in [0.2, 0.25) is 0 Å². The summed E-state index contributed by atoms with van der Waals surface area (Å²) in [6.45, 7) is 3.26. The number of nitrogens with one attached hydrogen (secondary N) is 2. The van der Waals surface area contributed by atoms with Gasteiger partial charge in [0.1, 0.15) is 0 Å². The van der Waals surface area contributed by atoms with Crippen LogP contribution in [0.4, 0.5) is 11.4 Å². The molecule has 7 nitrogen and oxygen atoms in total. The third-order valence-electron chi connectivity index (χ3n) is 3.97. The van der Waals surface area contributed by atoms with Crippen LogP contribution in [0.15, 0.2) is 40.6 Å². The highest BCUT2D eigenvalue weighted by Crippen LogP contribution is 2.26. The normalized spacial score (nSPS) is 11.4. The van der Waals surface area contributed by atoms with E-state index in [-0.39, 0.29) is 17.3 Å². The van der Waals surface area contributed by atoms with Crippen LogP contribution in [-0.2, 0) is 21.4 Å². The van der Waals surface area contributed by atoms with Gasteiger partial charge in [-0.2, -0.15) is 0 Å². The van der Waals surface area contributed by atoms with E-state index in [1.165, 1.54) is 18.4 Å². The van der Waals surface area contributed by atoms with Gasteiger partial charge in [-0.05, 0) is 36.6 Å². The monoisotopic (exact) mass is 410 g/mol. The van der Waals surface area contributed by atoms with Gasteiger partial charge in [0.15, 0.2) is 0 Å². The number of nitrogens with zero attached hydrogens (tertiary/aromatic N) is 2. The lowest BCUT2D eigenvalue weighted by Crippen LogP contribution is -2.31. The fourth-order valence-electron chi connectivity index (χ4n) is 2.42. The minimum atomic E-state index is -3.55. The molecule has 0 atom stereocenters. The molecule has 0 fully saturated rings. The summed E-state index contributed by atoms with van der Waals surface area (Å²) >= 11 is 1.60. The Morgan fingerprint density at radius 1 is 1.11 bits per heavy atom. The van der Waals surface area contributed by atoms with Crippen molar-refractivity contribution in [3.8, 4) is 0 Å². The predicted octanol–water partition coefficient (Wildman–Crippen LogP) is 2.50. The zero-order valence-corrected chi connectivity index (χ0v) is 17.7. The highest BCUT2D eigenvalue weighted by atomic mass is 32.2. The summed E-state index contributed by atoms with van der Waals surface area (Å²) in [6.07, 6.45) is 0. The van der Waals surface area contributed by atoms with Gasteiger partial charge in [-0.25, -0.2) is 12.7 Å². The molecule has 2 rings (SSSR count). The topological polar surface area (TPSA) is 81.8 Å². The largest absolute Gasteiger partial charge is 0.384 e. The molecule has 0 spiro atoms. The molecule has 9 heteroatoms. The lowest BCUT2D eigenvalue weighted by atomic mass is 10.2. The third kappa shape index (κ3) is 5.44. The minimum absolute atomic E-state index is 0.0751. The first kappa shape index (κ1) is 21.2. The Labute approximate surface area is 165 Å². The van der Waals surface area contributed by atoms with Crippen molar-refractivity contribution >= 4 is 38.6 Å². The molecule has 0 aliphatic heterocycles. The zero-order chi connectivity index (χ0) is 20.0. The molecule has 0 bridgehead atoms. The van der Waals surface area contributed by atoms with Crippen molar-refractivity contribution in [2.45, 2.75) is 18.4 Å². The average Bonchev–Trinajstić information content (AvgIpc) is 3.13. The fraction of sp³-hybridized carbons (Fsp3) is 0.389. The van der Waals surface area contributed by atoms with E-state index >= 15 is 0 Å². The number of likely N-dealkylation sites (N-methyl/N-ethyl adjacent to an activating group) is 1. The zero-order valence-electron chi connectivity index (χ0n) is 16.0. The summed E-state index contributed by atoms with van der Waals surface area (Å²) in [6, 6.07) is 8.77. The van der Waals surface area contributed by atoms with Crippen LogP contribution in [0, 0.1) is 0 Å². The van der Waals surface area contributed by atoms with E-state index in [9.17, 15) is 13.2 Å². The summed E-state index contributed by atoms with van der Waals surface area (Å²) in [4.78, 5) is 15.4. The van der Waals surface area contributed by atoms with Gasteiger partial charge >= 0.3 is 0 Å². The number of carbonyl (C=O) groups excluding carboxylic acids is 1. The summed E-state index contributed by atoms with van der Waals surface area (Å²) < 4.78 is 25.9. The molecule has 1 amide bonds. The number of hydrogen-bond acceptors (Lipinski definition) is 6. The maximum absolute atomic E-state index is 12.4. The number of amides is 1. The van der Waals surface area contributed by atoms with Crippen molar-refractivity contribution in [3.05, 3.63) is 40.6 Å². The molecular weight excluding hydrogens is 384 g/mol. The molecule has 2 aromatic rings. The van der Waals surface area contributed by atoms with Gasteiger partial charge in [-0.3, -0.25) is 4.79 Å². The number of carbonyl (C=O) groups is 1. The summed E-state index contributed by atoms with van der Waals surface area (Å²) in [5.41, 5.74) is 1.33. The van der Waals surface area contributed by atoms with Gasteiger partial charge in [0.25, 0.3) is 0 Å². The van der Waals surface area contributed by atoms with Gasteiger partial charge < -0.3 is 15.5 Å². The molecule has 0 saturated heterocycles. The lowest BCUT2D eigenvalue weighted by molar-refractivity contribution is -0.128. The van der Waals surface area contributed by atoms with E-state index in [1.807, 2.05) is 24.4 Å².